The van der Waals surface area contributed by atoms with Gasteiger partial charge in [-0.2, -0.15) is 0 Å². The van der Waals surface area contributed by atoms with Gasteiger partial charge in [0.25, 0.3) is 0 Å². The molecule has 0 amide bonds. The van der Waals surface area contributed by atoms with Gasteiger partial charge in [-0.05, 0) is 24.8 Å². The van der Waals surface area contributed by atoms with Gasteiger partial charge in [0.2, 0.25) is 0 Å². The van der Waals surface area contributed by atoms with E-state index in [2.05, 4.69) is 50.4 Å². The van der Waals surface area contributed by atoms with E-state index < -0.39 is 0 Å². The lowest BCUT2D eigenvalue weighted by Crippen LogP contribution is -2.73. The summed E-state index contributed by atoms with van der Waals surface area (Å²) in [6.45, 7) is 6.30. The Kier molecular flexibility index (Phi) is 4.60. The fourth-order valence-electron chi connectivity index (χ4n) is 5.85. The van der Waals surface area contributed by atoms with Crippen LogP contribution in [0.3, 0.4) is 0 Å². The van der Waals surface area contributed by atoms with Crippen LogP contribution in [0.2, 0.25) is 0 Å². The molecule has 1 aromatic rings. The second-order valence-corrected chi connectivity index (χ2v) is 8.75. The highest BCUT2D eigenvalue weighted by Gasteiger charge is 2.66. The van der Waals surface area contributed by atoms with Gasteiger partial charge in [0, 0.05) is 63.8 Å². The summed E-state index contributed by atoms with van der Waals surface area (Å²) in [5.74, 6) is 1.80. The molecule has 146 valence electrons. The quantitative estimate of drug-likeness (QED) is 0.657. The van der Waals surface area contributed by atoms with Crippen LogP contribution in [-0.4, -0.2) is 67.7 Å². The molecule has 1 aromatic carbocycles. The number of rotatable bonds is 3. The number of aliphatic imine (C=N–C) groups is 1. The summed E-state index contributed by atoms with van der Waals surface area (Å²) in [5.41, 5.74) is 1.81. The summed E-state index contributed by atoms with van der Waals surface area (Å²) in [5, 5.41) is 3.88. The highest BCUT2D eigenvalue weighted by molar-refractivity contribution is 5.80. The van der Waals surface area contributed by atoms with Crippen LogP contribution in [0.4, 0.5) is 0 Å². The zero-order valence-corrected chi connectivity index (χ0v) is 16.4. The van der Waals surface area contributed by atoms with Crippen molar-refractivity contribution < 1.29 is 4.74 Å². The fraction of sp³-hybridized carbons (Fsp3) is 0.682. The smallest absolute Gasteiger partial charge is 0.193 e. The molecular weight excluding hydrogens is 336 g/mol. The zero-order chi connectivity index (χ0) is 18.3. The highest BCUT2D eigenvalue weighted by atomic mass is 16.5. The van der Waals surface area contributed by atoms with Gasteiger partial charge in [-0.15, -0.1) is 0 Å². The fourth-order valence-corrected chi connectivity index (χ4v) is 5.85. The highest BCUT2D eigenvalue weighted by Crippen LogP contribution is 2.62. The minimum absolute atomic E-state index is 0.409. The number of hydrogen-bond donors (Lipinski definition) is 1. The lowest BCUT2D eigenvalue weighted by atomic mass is 9.46. The second kappa shape index (κ2) is 7.10. The summed E-state index contributed by atoms with van der Waals surface area (Å²) in [6.07, 6.45) is 5.75. The summed E-state index contributed by atoms with van der Waals surface area (Å²) >= 11 is 0. The van der Waals surface area contributed by atoms with E-state index in [9.17, 15) is 0 Å². The molecule has 27 heavy (non-hydrogen) atoms. The van der Waals surface area contributed by atoms with E-state index >= 15 is 0 Å². The van der Waals surface area contributed by atoms with Gasteiger partial charge in [0.05, 0.1) is 6.10 Å². The van der Waals surface area contributed by atoms with Crippen LogP contribution < -0.4 is 5.32 Å². The topological polar surface area (TPSA) is 40.1 Å². The monoisotopic (exact) mass is 368 g/mol. The number of benzene rings is 1. The van der Waals surface area contributed by atoms with Crippen molar-refractivity contribution in [2.45, 2.75) is 44.4 Å². The van der Waals surface area contributed by atoms with Crippen LogP contribution >= 0.6 is 0 Å². The third-order valence-electron chi connectivity index (χ3n) is 7.45. The van der Waals surface area contributed by atoms with Crippen LogP contribution in [0.25, 0.3) is 0 Å². The Bertz CT molecular complexity index is 679. The third-order valence-corrected chi connectivity index (χ3v) is 7.45. The van der Waals surface area contributed by atoms with E-state index in [1.165, 1.54) is 31.2 Å². The largest absolute Gasteiger partial charge is 0.377 e. The molecule has 5 heteroatoms. The number of fused-ring (bicyclic) bond motifs is 2. The maximum absolute atomic E-state index is 6.07. The molecule has 2 saturated heterocycles. The summed E-state index contributed by atoms with van der Waals surface area (Å²) in [7, 11) is 1.94. The maximum Gasteiger partial charge on any atom is 0.193 e. The molecule has 2 aliphatic heterocycles. The predicted octanol–water partition coefficient (Wildman–Crippen LogP) is 2.34. The second-order valence-electron chi connectivity index (χ2n) is 8.75. The molecular formula is C22H32N4O. The first-order valence-electron chi connectivity index (χ1n) is 10.7. The van der Waals surface area contributed by atoms with Crippen molar-refractivity contribution in [1.82, 2.24) is 15.1 Å². The van der Waals surface area contributed by atoms with Crippen molar-refractivity contribution in [2.24, 2.45) is 16.3 Å². The van der Waals surface area contributed by atoms with Crippen molar-refractivity contribution >= 4 is 5.96 Å². The summed E-state index contributed by atoms with van der Waals surface area (Å²) in [6, 6.07) is 11.4. The molecule has 0 aromatic heterocycles. The molecule has 1 N–H and O–H groups in total. The van der Waals surface area contributed by atoms with Gasteiger partial charge < -0.3 is 15.0 Å². The zero-order valence-electron chi connectivity index (χ0n) is 16.4. The standard InChI is InChI=1S/C22H32N4O/c1-23-21(24-19-18-8-15-27-20(18)22(19)9-5-10-22)26-13-11-25(12-14-26)16-17-6-3-2-4-7-17/h2-4,6-7,18-20H,5,8-16H2,1H3,(H,23,24). The SMILES string of the molecule is CN=C(NC1C2CCOC2C12CCC2)N1CCN(Cc2ccccc2)CC1. The van der Waals surface area contributed by atoms with Crippen LogP contribution in [-0.2, 0) is 11.3 Å². The van der Waals surface area contributed by atoms with Gasteiger partial charge in [-0.3, -0.25) is 9.89 Å². The Balaban J connectivity index is 1.18. The number of piperazine rings is 1. The molecule has 3 unspecified atom stereocenters. The number of nitrogens with zero attached hydrogens (tertiary/aromatic N) is 3. The number of hydrogen-bond acceptors (Lipinski definition) is 3. The molecule has 0 bridgehead atoms. The van der Waals surface area contributed by atoms with E-state index in [0.29, 0.717) is 23.5 Å². The Hall–Kier alpha value is -1.59. The summed E-state index contributed by atoms with van der Waals surface area (Å²) < 4.78 is 6.07. The van der Waals surface area contributed by atoms with E-state index in [-0.39, 0.29) is 0 Å². The molecule has 2 heterocycles. The molecule has 2 aliphatic carbocycles. The van der Waals surface area contributed by atoms with E-state index in [1.807, 2.05) is 7.05 Å². The van der Waals surface area contributed by atoms with Gasteiger partial charge in [-0.25, -0.2) is 0 Å². The molecule has 4 fully saturated rings. The number of nitrogens with one attached hydrogen (secondary N) is 1. The van der Waals surface area contributed by atoms with Crippen LogP contribution in [0, 0.1) is 11.3 Å². The van der Waals surface area contributed by atoms with Crippen LogP contribution in [0.1, 0.15) is 31.2 Å². The van der Waals surface area contributed by atoms with Crippen LogP contribution in [0.5, 0.6) is 0 Å². The van der Waals surface area contributed by atoms with E-state index in [1.54, 1.807) is 0 Å². The molecule has 2 saturated carbocycles. The first kappa shape index (κ1) is 17.5. The molecule has 5 rings (SSSR count). The third kappa shape index (κ3) is 2.95. The number of ether oxygens (including phenoxy) is 1. The van der Waals surface area contributed by atoms with Crippen molar-refractivity contribution in [3.63, 3.8) is 0 Å². The molecule has 1 spiro atoms. The predicted molar refractivity (Wildman–Crippen MR) is 108 cm³/mol. The Labute approximate surface area is 162 Å². The lowest BCUT2D eigenvalue weighted by molar-refractivity contribution is -0.171. The van der Waals surface area contributed by atoms with E-state index in [0.717, 1.165) is 45.3 Å². The van der Waals surface area contributed by atoms with Gasteiger partial charge in [-0.1, -0.05) is 36.8 Å². The Morgan fingerprint density at radius 3 is 2.63 bits per heavy atom. The van der Waals surface area contributed by atoms with Crippen molar-refractivity contribution in [3.05, 3.63) is 35.9 Å². The lowest BCUT2D eigenvalue weighted by Gasteiger charge is -2.63. The average Bonchev–Trinajstić information content (AvgIpc) is 3.08. The first-order valence-corrected chi connectivity index (χ1v) is 10.7. The number of guanidine groups is 1. The minimum atomic E-state index is 0.409. The Morgan fingerprint density at radius 2 is 1.96 bits per heavy atom. The van der Waals surface area contributed by atoms with Gasteiger partial charge in [0.1, 0.15) is 0 Å². The first-order chi connectivity index (χ1) is 13.3. The van der Waals surface area contributed by atoms with Gasteiger partial charge >= 0.3 is 0 Å². The normalized spacial score (nSPS) is 32.7. The summed E-state index contributed by atoms with van der Waals surface area (Å²) in [4.78, 5) is 9.66. The van der Waals surface area contributed by atoms with E-state index in [4.69, 9.17) is 4.74 Å². The minimum Gasteiger partial charge on any atom is -0.377 e. The van der Waals surface area contributed by atoms with Crippen molar-refractivity contribution in [2.75, 3.05) is 39.8 Å². The van der Waals surface area contributed by atoms with Gasteiger partial charge in [0.15, 0.2) is 5.96 Å². The maximum atomic E-state index is 6.07. The Morgan fingerprint density at radius 1 is 1.19 bits per heavy atom. The van der Waals surface area contributed by atoms with Crippen molar-refractivity contribution in [1.29, 1.82) is 0 Å². The molecule has 5 nitrogen and oxygen atoms in total. The molecule has 0 radical (unpaired) electrons. The average molecular weight is 369 g/mol. The van der Waals surface area contributed by atoms with Crippen LogP contribution in [0.15, 0.2) is 35.3 Å². The molecule has 3 atom stereocenters. The molecule has 4 aliphatic rings. The van der Waals surface area contributed by atoms with Crippen molar-refractivity contribution in [3.8, 4) is 0 Å².